The van der Waals surface area contributed by atoms with Gasteiger partial charge in [-0.05, 0) is 12.1 Å². The van der Waals surface area contributed by atoms with Crippen molar-refractivity contribution in [2.45, 2.75) is 0 Å². The van der Waals surface area contributed by atoms with Crippen LogP contribution in [0.4, 0.5) is 5.69 Å². The molecule has 0 fully saturated rings. The van der Waals surface area contributed by atoms with Gasteiger partial charge in [0.1, 0.15) is 12.1 Å². The maximum atomic E-state index is 10.9. The first kappa shape index (κ1) is 13.8. The van der Waals surface area contributed by atoms with Crippen LogP contribution < -0.4 is 5.43 Å². The lowest BCUT2D eigenvalue weighted by Gasteiger charge is -2.07. The summed E-state index contributed by atoms with van der Waals surface area (Å²) in [6.07, 6.45) is 0. The van der Waals surface area contributed by atoms with Crippen LogP contribution in [0.1, 0.15) is 10.4 Å². The van der Waals surface area contributed by atoms with Crippen LogP contribution in [0.25, 0.3) is 0 Å². The Morgan fingerprint density at radius 2 is 1.94 bits per heavy atom. The van der Waals surface area contributed by atoms with Gasteiger partial charge in [-0.3, -0.25) is 5.43 Å². The SMILES string of the molecule is N#CC(C#N)=NNc1ccc(Cl)c(C(=O)O)c1Cl. The molecule has 0 saturated heterocycles. The predicted octanol–water partition coefficient (Wildman–Crippen LogP) is 2.51. The number of anilines is 1. The second-order valence-corrected chi connectivity index (χ2v) is 3.67. The molecule has 0 heterocycles. The Balaban J connectivity index is 3.19. The Labute approximate surface area is 112 Å². The zero-order chi connectivity index (χ0) is 13.7. The molecule has 1 aromatic rings. The molecule has 0 bridgehead atoms. The van der Waals surface area contributed by atoms with Gasteiger partial charge in [0.15, 0.2) is 0 Å². The zero-order valence-electron chi connectivity index (χ0n) is 8.61. The van der Waals surface area contributed by atoms with Crippen molar-refractivity contribution < 1.29 is 9.90 Å². The summed E-state index contributed by atoms with van der Waals surface area (Å²) in [7, 11) is 0. The van der Waals surface area contributed by atoms with Crippen molar-refractivity contribution in [2.75, 3.05) is 5.43 Å². The number of nitrogens with zero attached hydrogens (tertiary/aromatic N) is 3. The van der Waals surface area contributed by atoms with E-state index in [4.69, 9.17) is 38.8 Å². The summed E-state index contributed by atoms with van der Waals surface area (Å²) in [5, 5.41) is 29.1. The molecule has 8 heteroatoms. The molecule has 90 valence electrons. The number of hydrogen-bond donors (Lipinski definition) is 2. The van der Waals surface area contributed by atoms with E-state index in [1.807, 2.05) is 0 Å². The highest BCUT2D eigenvalue weighted by Gasteiger charge is 2.16. The molecule has 0 spiro atoms. The van der Waals surface area contributed by atoms with Crippen LogP contribution in [-0.2, 0) is 0 Å². The summed E-state index contributed by atoms with van der Waals surface area (Å²) >= 11 is 11.5. The zero-order valence-corrected chi connectivity index (χ0v) is 10.1. The van der Waals surface area contributed by atoms with Crippen LogP contribution in [0.2, 0.25) is 10.0 Å². The first-order chi connectivity index (χ1) is 8.51. The third-order valence-electron chi connectivity index (χ3n) is 1.80. The molecular weight excluding hydrogens is 279 g/mol. The summed E-state index contributed by atoms with van der Waals surface area (Å²) in [5.41, 5.74) is 1.75. The van der Waals surface area contributed by atoms with Crippen molar-refractivity contribution in [2.24, 2.45) is 5.10 Å². The van der Waals surface area contributed by atoms with E-state index in [1.165, 1.54) is 24.3 Å². The van der Waals surface area contributed by atoms with Gasteiger partial charge in [0.25, 0.3) is 0 Å². The predicted molar refractivity (Wildman–Crippen MR) is 65.7 cm³/mol. The largest absolute Gasteiger partial charge is 0.478 e. The molecule has 0 atom stereocenters. The minimum Gasteiger partial charge on any atom is -0.478 e. The van der Waals surface area contributed by atoms with E-state index in [9.17, 15) is 4.79 Å². The van der Waals surface area contributed by atoms with Gasteiger partial charge in [-0.2, -0.15) is 15.6 Å². The Hall–Kier alpha value is -2.28. The molecule has 1 aromatic carbocycles. The molecule has 2 N–H and O–H groups in total. The van der Waals surface area contributed by atoms with Gasteiger partial charge in [-0.1, -0.05) is 23.2 Å². The van der Waals surface area contributed by atoms with E-state index >= 15 is 0 Å². The summed E-state index contributed by atoms with van der Waals surface area (Å²) in [4.78, 5) is 10.9. The third-order valence-corrected chi connectivity index (χ3v) is 2.51. The number of carboxylic acid groups (broad SMARTS) is 1. The number of carbonyl (C=O) groups is 1. The highest BCUT2D eigenvalue weighted by Crippen LogP contribution is 2.31. The van der Waals surface area contributed by atoms with Gasteiger partial charge in [-0.15, -0.1) is 0 Å². The average Bonchev–Trinajstić information content (AvgIpc) is 2.32. The summed E-state index contributed by atoms with van der Waals surface area (Å²) < 4.78 is 0. The number of halogens is 2. The van der Waals surface area contributed by atoms with Crippen LogP contribution in [0.15, 0.2) is 17.2 Å². The normalized spacial score (nSPS) is 8.89. The van der Waals surface area contributed by atoms with E-state index in [0.717, 1.165) is 0 Å². The number of rotatable bonds is 3. The van der Waals surface area contributed by atoms with Crippen LogP contribution in [-0.4, -0.2) is 16.8 Å². The number of hydrazone groups is 1. The summed E-state index contributed by atoms with van der Waals surface area (Å²) in [6, 6.07) is 5.76. The summed E-state index contributed by atoms with van der Waals surface area (Å²) in [5.74, 6) is -1.29. The smallest absolute Gasteiger partial charge is 0.338 e. The van der Waals surface area contributed by atoms with Gasteiger partial charge in [0.05, 0.1) is 21.3 Å². The second kappa shape index (κ2) is 5.87. The number of carboxylic acids is 1. The minimum absolute atomic E-state index is 0.0252. The number of aromatic carboxylic acids is 1. The maximum Gasteiger partial charge on any atom is 0.338 e. The molecule has 18 heavy (non-hydrogen) atoms. The van der Waals surface area contributed by atoms with Crippen molar-refractivity contribution in [3.05, 3.63) is 27.7 Å². The first-order valence-electron chi connectivity index (χ1n) is 4.36. The molecule has 0 amide bonds. The van der Waals surface area contributed by atoms with Crippen LogP contribution in [0.3, 0.4) is 0 Å². The molecular formula is C10H4Cl2N4O2. The number of nitriles is 2. The Bertz CT molecular complexity index is 598. The standard InChI is InChI=1S/C10H4Cl2N4O2/c11-6-1-2-7(9(12)8(6)10(17)18)16-15-5(3-13)4-14/h1-2,16H,(H,17,18). The van der Waals surface area contributed by atoms with Gasteiger partial charge in [0, 0.05) is 0 Å². The quantitative estimate of drug-likeness (QED) is 0.654. The Morgan fingerprint density at radius 3 is 2.44 bits per heavy atom. The molecule has 0 aliphatic carbocycles. The molecule has 0 unspecified atom stereocenters. The lowest BCUT2D eigenvalue weighted by molar-refractivity contribution is 0.0697. The van der Waals surface area contributed by atoms with Crippen molar-refractivity contribution in [3.8, 4) is 12.1 Å². The minimum atomic E-state index is -1.29. The van der Waals surface area contributed by atoms with Crippen molar-refractivity contribution in [1.29, 1.82) is 10.5 Å². The van der Waals surface area contributed by atoms with Crippen LogP contribution in [0, 0.1) is 22.7 Å². The Morgan fingerprint density at radius 1 is 1.33 bits per heavy atom. The first-order valence-corrected chi connectivity index (χ1v) is 5.12. The summed E-state index contributed by atoms with van der Waals surface area (Å²) in [6.45, 7) is 0. The number of benzene rings is 1. The fraction of sp³-hybridized carbons (Fsp3) is 0. The Kier molecular flexibility index (Phi) is 4.50. The van der Waals surface area contributed by atoms with Crippen LogP contribution in [0.5, 0.6) is 0 Å². The molecule has 1 rings (SSSR count). The average molecular weight is 283 g/mol. The van der Waals surface area contributed by atoms with E-state index in [0.29, 0.717) is 0 Å². The lowest BCUT2D eigenvalue weighted by Crippen LogP contribution is -2.02. The van der Waals surface area contributed by atoms with Crippen molar-refractivity contribution in [1.82, 2.24) is 0 Å². The van der Waals surface area contributed by atoms with Gasteiger partial charge >= 0.3 is 5.97 Å². The second-order valence-electron chi connectivity index (χ2n) is 2.88. The molecule has 6 nitrogen and oxygen atoms in total. The number of hydrogen-bond acceptors (Lipinski definition) is 5. The fourth-order valence-corrected chi connectivity index (χ4v) is 1.60. The lowest BCUT2D eigenvalue weighted by atomic mass is 10.2. The third kappa shape index (κ3) is 2.89. The molecule has 0 aliphatic rings. The van der Waals surface area contributed by atoms with E-state index < -0.39 is 11.7 Å². The van der Waals surface area contributed by atoms with Crippen molar-refractivity contribution >= 4 is 40.6 Å². The molecule has 0 radical (unpaired) electrons. The molecule has 0 aliphatic heterocycles. The highest BCUT2D eigenvalue weighted by atomic mass is 35.5. The van der Waals surface area contributed by atoms with Gasteiger partial charge in [0.2, 0.25) is 5.71 Å². The van der Waals surface area contributed by atoms with E-state index in [1.54, 1.807) is 0 Å². The highest BCUT2D eigenvalue weighted by molar-refractivity contribution is 6.40. The van der Waals surface area contributed by atoms with E-state index in [2.05, 4.69) is 10.5 Å². The molecule has 0 aromatic heterocycles. The van der Waals surface area contributed by atoms with Crippen molar-refractivity contribution in [3.63, 3.8) is 0 Å². The monoisotopic (exact) mass is 282 g/mol. The number of nitrogens with one attached hydrogen (secondary N) is 1. The van der Waals surface area contributed by atoms with Crippen LogP contribution >= 0.6 is 23.2 Å². The van der Waals surface area contributed by atoms with Gasteiger partial charge in [-0.25, -0.2) is 4.79 Å². The van der Waals surface area contributed by atoms with Gasteiger partial charge < -0.3 is 5.11 Å². The topological polar surface area (TPSA) is 109 Å². The maximum absolute atomic E-state index is 10.9. The van der Waals surface area contributed by atoms with E-state index in [-0.39, 0.29) is 21.3 Å². The fourth-order valence-electron chi connectivity index (χ4n) is 1.03. The molecule has 0 saturated carbocycles.